The van der Waals surface area contributed by atoms with Crippen molar-refractivity contribution in [2.45, 2.75) is 12.1 Å². The molecule has 0 bridgehead atoms. The minimum absolute atomic E-state index is 0.119. The van der Waals surface area contributed by atoms with Gasteiger partial charge in [-0.2, -0.15) is 0 Å². The first kappa shape index (κ1) is 15.4. The number of sulfonamides is 1. The van der Waals surface area contributed by atoms with Gasteiger partial charge < -0.3 is 4.90 Å². The SMILES string of the molecule is CNS(=O)(=O)CCN1C[C@@H](N(C)C)[C@@H](n2ccnn2)C1. The second-order valence-electron chi connectivity index (χ2n) is 5.26. The molecule has 2 atom stereocenters. The van der Waals surface area contributed by atoms with Gasteiger partial charge in [0.05, 0.1) is 18.0 Å². The Morgan fingerprint density at radius 3 is 2.70 bits per heavy atom. The molecule has 1 fully saturated rings. The van der Waals surface area contributed by atoms with E-state index in [-0.39, 0.29) is 11.8 Å². The lowest BCUT2D eigenvalue weighted by Gasteiger charge is -2.24. The van der Waals surface area contributed by atoms with E-state index in [0.717, 1.165) is 13.1 Å². The van der Waals surface area contributed by atoms with Crippen LogP contribution in [-0.2, 0) is 10.0 Å². The number of nitrogens with zero attached hydrogens (tertiary/aromatic N) is 5. The number of likely N-dealkylation sites (tertiary alicyclic amines) is 1. The van der Waals surface area contributed by atoms with E-state index >= 15 is 0 Å². The van der Waals surface area contributed by atoms with Gasteiger partial charge in [-0.25, -0.2) is 17.8 Å². The Morgan fingerprint density at radius 1 is 1.40 bits per heavy atom. The molecule has 1 aliphatic heterocycles. The van der Waals surface area contributed by atoms with E-state index in [1.165, 1.54) is 7.05 Å². The first-order valence-electron chi connectivity index (χ1n) is 6.59. The minimum atomic E-state index is -3.16. The van der Waals surface area contributed by atoms with Crippen LogP contribution in [0.5, 0.6) is 0 Å². The Labute approximate surface area is 119 Å². The van der Waals surface area contributed by atoms with Gasteiger partial charge in [0.25, 0.3) is 0 Å². The molecule has 8 nitrogen and oxygen atoms in total. The smallest absolute Gasteiger partial charge is 0.212 e. The van der Waals surface area contributed by atoms with Crippen LogP contribution < -0.4 is 4.72 Å². The average Bonchev–Trinajstić information content (AvgIpc) is 3.05. The van der Waals surface area contributed by atoms with Crippen molar-refractivity contribution in [3.05, 3.63) is 12.4 Å². The van der Waals surface area contributed by atoms with Crippen LogP contribution in [0.3, 0.4) is 0 Å². The third-order valence-electron chi connectivity index (χ3n) is 3.77. The fourth-order valence-electron chi connectivity index (χ4n) is 2.54. The number of hydrogen-bond donors (Lipinski definition) is 1. The molecule has 1 aliphatic rings. The average molecular weight is 302 g/mol. The summed E-state index contributed by atoms with van der Waals surface area (Å²) in [6.07, 6.45) is 3.52. The monoisotopic (exact) mass is 302 g/mol. The summed E-state index contributed by atoms with van der Waals surface area (Å²) in [5.74, 6) is 0.119. The summed E-state index contributed by atoms with van der Waals surface area (Å²) in [4.78, 5) is 4.31. The fourth-order valence-corrected chi connectivity index (χ4v) is 3.25. The van der Waals surface area contributed by atoms with Gasteiger partial charge in [0, 0.05) is 31.9 Å². The van der Waals surface area contributed by atoms with Crippen LogP contribution in [0, 0.1) is 0 Å². The van der Waals surface area contributed by atoms with Crippen molar-refractivity contribution in [2.24, 2.45) is 0 Å². The van der Waals surface area contributed by atoms with E-state index in [1.54, 1.807) is 6.20 Å². The molecule has 1 aromatic rings. The molecule has 1 N–H and O–H groups in total. The summed E-state index contributed by atoms with van der Waals surface area (Å²) in [7, 11) is 2.35. The largest absolute Gasteiger partial charge is 0.303 e. The van der Waals surface area contributed by atoms with Gasteiger partial charge in [0.15, 0.2) is 0 Å². The van der Waals surface area contributed by atoms with Crippen LogP contribution in [-0.4, -0.2) is 85.8 Å². The van der Waals surface area contributed by atoms with Gasteiger partial charge in [-0.1, -0.05) is 5.21 Å². The molecule has 2 heterocycles. The number of rotatable bonds is 6. The van der Waals surface area contributed by atoms with Gasteiger partial charge in [-0.05, 0) is 21.1 Å². The fraction of sp³-hybridized carbons (Fsp3) is 0.818. The molecule has 0 radical (unpaired) electrons. The zero-order chi connectivity index (χ0) is 14.8. The van der Waals surface area contributed by atoms with Crippen molar-refractivity contribution >= 4 is 10.0 Å². The highest BCUT2D eigenvalue weighted by Crippen LogP contribution is 2.24. The van der Waals surface area contributed by atoms with Crippen LogP contribution in [0.1, 0.15) is 6.04 Å². The zero-order valence-electron chi connectivity index (χ0n) is 12.1. The highest BCUT2D eigenvalue weighted by atomic mass is 32.2. The Kier molecular flexibility index (Phi) is 4.74. The van der Waals surface area contributed by atoms with Crippen molar-refractivity contribution in [1.82, 2.24) is 29.5 Å². The molecule has 2 rings (SSSR count). The van der Waals surface area contributed by atoms with Gasteiger partial charge in [0.1, 0.15) is 0 Å². The van der Waals surface area contributed by atoms with Crippen molar-refractivity contribution < 1.29 is 8.42 Å². The second-order valence-corrected chi connectivity index (χ2v) is 7.31. The first-order chi connectivity index (χ1) is 9.43. The molecular weight excluding hydrogens is 280 g/mol. The summed E-state index contributed by atoms with van der Waals surface area (Å²) >= 11 is 0. The highest BCUT2D eigenvalue weighted by Gasteiger charge is 2.36. The number of likely N-dealkylation sites (N-methyl/N-ethyl adjacent to an activating group) is 1. The van der Waals surface area contributed by atoms with Crippen LogP contribution in [0.15, 0.2) is 12.4 Å². The molecule has 20 heavy (non-hydrogen) atoms. The number of nitrogens with one attached hydrogen (secondary N) is 1. The van der Waals surface area contributed by atoms with E-state index in [4.69, 9.17) is 0 Å². The normalized spacial score (nSPS) is 24.6. The quantitative estimate of drug-likeness (QED) is 0.697. The van der Waals surface area contributed by atoms with Crippen molar-refractivity contribution in [2.75, 3.05) is 46.5 Å². The predicted octanol–water partition coefficient (Wildman–Crippen LogP) is -1.39. The molecule has 114 valence electrons. The van der Waals surface area contributed by atoms with Crippen molar-refractivity contribution in [3.8, 4) is 0 Å². The van der Waals surface area contributed by atoms with E-state index in [9.17, 15) is 8.42 Å². The maximum absolute atomic E-state index is 11.5. The lowest BCUT2D eigenvalue weighted by molar-refractivity contribution is 0.239. The Balaban J connectivity index is 2.01. The van der Waals surface area contributed by atoms with Crippen LogP contribution >= 0.6 is 0 Å². The number of hydrogen-bond acceptors (Lipinski definition) is 6. The summed E-state index contributed by atoms with van der Waals surface area (Å²) in [6.45, 7) is 2.14. The topological polar surface area (TPSA) is 83.4 Å². The molecular formula is C11H22N6O2S. The molecule has 0 amide bonds. The van der Waals surface area contributed by atoms with Crippen molar-refractivity contribution in [1.29, 1.82) is 0 Å². The third-order valence-corrected chi connectivity index (χ3v) is 5.11. The predicted molar refractivity (Wildman–Crippen MR) is 75.8 cm³/mol. The molecule has 1 saturated heterocycles. The standard InChI is InChI=1S/C11H22N6O2S/c1-12-20(18,19)7-6-16-8-10(15(2)3)11(9-16)17-5-4-13-14-17/h4-5,10-12H,6-9H2,1-3H3/t10-,11+/m1/s1. The summed E-state index contributed by atoms with van der Waals surface area (Å²) in [6, 6.07) is 0.499. The minimum Gasteiger partial charge on any atom is -0.303 e. The lowest BCUT2D eigenvalue weighted by Crippen LogP contribution is -2.37. The van der Waals surface area contributed by atoms with Crippen LogP contribution in [0.2, 0.25) is 0 Å². The Hall–Kier alpha value is -1.03. The first-order valence-corrected chi connectivity index (χ1v) is 8.24. The molecule has 0 unspecified atom stereocenters. The molecule has 0 spiro atoms. The highest BCUT2D eigenvalue weighted by molar-refractivity contribution is 7.89. The van der Waals surface area contributed by atoms with Gasteiger partial charge in [-0.3, -0.25) is 4.90 Å². The zero-order valence-corrected chi connectivity index (χ0v) is 12.9. The lowest BCUT2D eigenvalue weighted by atomic mass is 10.1. The van der Waals surface area contributed by atoms with Gasteiger partial charge in [-0.15, -0.1) is 5.10 Å². The Morgan fingerprint density at radius 2 is 2.15 bits per heavy atom. The molecule has 0 aliphatic carbocycles. The molecule has 0 saturated carbocycles. The van der Waals surface area contributed by atoms with E-state index in [2.05, 4.69) is 24.8 Å². The maximum Gasteiger partial charge on any atom is 0.212 e. The third kappa shape index (κ3) is 3.54. The van der Waals surface area contributed by atoms with E-state index in [1.807, 2.05) is 25.0 Å². The summed E-state index contributed by atoms with van der Waals surface area (Å²) < 4.78 is 27.2. The molecule has 9 heteroatoms. The molecule has 1 aromatic heterocycles. The molecule has 0 aromatic carbocycles. The number of aromatic nitrogens is 3. The summed E-state index contributed by atoms with van der Waals surface area (Å²) in [5, 5.41) is 7.93. The van der Waals surface area contributed by atoms with Crippen LogP contribution in [0.25, 0.3) is 0 Å². The van der Waals surface area contributed by atoms with Gasteiger partial charge in [0.2, 0.25) is 10.0 Å². The van der Waals surface area contributed by atoms with Crippen molar-refractivity contribution in [3.63, 3.8) is 0 Å². The maximum atomic E-state index is 11.5. The van der Waals surface area contributed by atoms with Crippen LogP contribution in [0.4, 0.5) is 0 Å². The van der Waals surface area contributed by atoms with Gasteiger partial charge >= 0.3 is 0 Å². The van der Waals surface area contributed by atoms with E-state index < -0.39 is 10.0 Å². The second kappa shape index (κ2) is 6.17. The van der Waals surface area contributed by atoms with E-state index in [0.29, 0.717) is 12.6 Å². The Bertz CT molecular complexity index is 515. The summed E-state index contributed by atoms with van der Waals surface area (Å²) in [5.41, 5.74) is 0.